The number of carbonyl (C=O) groups is 1. The lowest BCUT2D eigenvalue weighted by atomic mass is 9.96. The molecule has 0 aromatic heterocycles. The number of likely N-dealkylation sites (tertiary alicyclic amines) is 1. The minimum absolute atomic E-state index is 0.0650. The van der Waals surface area contributed by atoms with Crippen LogP contribution in [0.3, 0.4) is 0 Å². The van der Waals surface area contributed by atoms with Crippen LogP contribution in [0.25, 0.3) is 0 Å². The third-order valence-electron chi connectivity index (χ3n) is 3.61. The fourth-order valence-corrected chi connectivity index (χ4v) is 2.43. The number of benzene rings is 1. The zero-order valence-corrected chi connectivity index (χ0v) is 11.8. The monoisotopic (exact) mass is 272 g/mol. The van der Waals surface area contributed by atoms with Gasteiger partial charge in [-0.15, -0.1) is 6.42 Å². The molecule has 1 aliphatic heterocycles. The standard InChI is InChI=1S/C16H20N2O2/c1-3-9-18-10-7-13(8-11-18)16(19)17-14-5-4-6-15(12-14)20-2/h1,4-6,12-13H,7-11H2,2H3,(H,17,19). The summed E-state index contributed by atoms with van der Waals surface area (Å²) in [7, 11) is 1.61. The number of hydrogen-bond acceptors (Lipinski definition) is 3. The molecule has 1 aliphatic rings. The summed E-state index contributed by atoms with van der Waals surface area (Å²) in [6.45, 7) is 2.45. The zero-order valence-electron chi connectivity index (χ0n) is 11.8. The predicted octanol–water partition coefficient (Wildman–Crippen LogP) is 1.98. The van der Waals surface area contributed by atoms with Gasteiger partial charge < -0.3 is 10.1 Å². The molecule has 0 unspecified atom stereocenters. The molecule has 0 radical (unpaired) electrons. The van der Waals surface area contributed by atoms with E-state index in [2.05, 4.69) is 16.1 Å². The molecule has 0 spiro atoms. The largest absolute Gasteiger partial charge is 0.497 e. The van der Waals surface area contributed by atoms with E-state index in [0.29, 0.717) is 6.54 Å². The van der Waals surface area contributed by atoms with E-state index >= 15 is 0 Å². The van der Waals surface area contributed by atoms with E-state index in [1.54, 1.807) is 7.11 Å². The number of nitrogens with one attached hydrogen (secondary N) is 1. The normalized spacial score (nSPS) is 16.4. The first-order valence-electron chi connectivity index (χ1n) is 6.83. The molecule has 20 heavy (non-hydrogen) atoms. The summed E-state index contributed by atoms with van der Waals surface area (Å²) >= 11 is 0. The van der Waals surface area contributed by atoms with Gasteiger partial charge in [0, 0.05) is 17.7 Å². The first-order chi connectivity index (χ1) is 9.72. The van der Waals surface area contributed by atoms with Crippen LogP contribution in [0.5, 0.6) is 5.75 Å². The number of amides is 1. The van der Waals surface area contributed by atoms with Gasteiger partial charge in [-0.3, -0.25) is 9.69 Å². The van der Waals surface area contributed by atoms with Crippen molar-refractivity contribution in [2.45, 2.75) is 12.8 Å². The van der Waals surface area contributed by atoms with Gasteiger partial charge in [0.2, 0.25) is 5.91 Å². The van der Waals surface area contributed by atoms with Gasteiger partial charge in [-0.1, -0.05) is 12.0 Å². The highest BCUT2D eigenvalue weighted by atomic mass is 16.5. The van der Waals surface area contributed by atoms with Crippen molar-refractivity contribution in [3.8, 4) is 18.1 Å². The number of terminal acetylenes is 1. The minimum atomic E-state index is 0.0650. The van der Waals surface area contributed by atoms with Crippen LogP contribution < -0.4 is 10.1 Å². The molecule has 4 nitrogen and oxygen atoms in total. The number of carbonyl (C=O) groups excluding carboxylic acids is 1. The highest BCUT2D eigenvalue weighted by Crippen LogP contribution is 2.21. The predicted molar refractivity (Wildman–Crippen MR) is 79.6 cm³/mol. The topological polar surface area (TPSA) is 41.6 Å². The summed E-state index contributed by atoms with van der Waals surface area (Å²) in [6, 6.07) is 7.41. The third kappa shape index (κ3) is 3.75. The number of piperidine rings is 1. The molecule has 1 N–H and O–H groups in total. The molecule has 0 bridgehead atoms. The molecule has 0 saturated carbocycles. The number of rotatable bonds is 4. The number of anilines is 1. The number of methoxy groups -OCH3 is 1. The van der Waals surface area contributed by atoms with Crippen molar-refractivity contribution in [1.29, 1.82) is 0 Å². The quantitative estimate of drug-likeness (QED) is 0.852. The Morgan fingerprint density at radius 3 is 2.90 bits per heavy atom. The molecule has 0 atom stereocenters. The first-order valence-corrected chi connectivity index (χ1v) is 6.83. The number of nitrogens with zero attached hydrogens (tertiary/aromatic N) is 1. The smallest absolute Gasteiger partial charge is 0.227 e. The number of hydrogen-bond donors (Lipinski definition) is 1. The van der Waals surface area contributed by atoms with Crippen molar-refractivity contribution in [2.75, 3.05) is 32.1 Å². The molecular weight excluding hydrogens is 252 g/mol. The average molecular weight is 272 g/mol. The Morgan fingerprint density at radius 1 is 1.50 bits per heavy atom. The highest BCUT2D eigenvalue weighted by Gasteiger charge is 2.24. The summed E-state index contributed by atoms with van der Waals surface area (Å²) in [5.41, 5.74) is 0.778. The van der Waals surface area contributed by atoms with Crippen LogP contribution in [0.15, 0.2) is 24.3 Å². The van der Waals surface area contributed by atoms with E-state index in [1.165, 1.54) is 0 Å². The van der Waals surface area contributed by atoms with Gasteiger partial charge in [0.25, 0.3) is 0 Å². The third-order valence-corrected chi connectivity index (χ3v) is 3.61. The van der Waals surface area contributed by atoms with Gasteiger partial charge in [-0.2, -0.15) is 0 Å². The second kappa shape index (κ2) is 6.97. The van der Waals surface area contributed by atoms with Crippen LogP contribution in [-0.2, 0) is 4.79 Å². The Balaban J connectivity index is 1.88. The van der Waals surface area contributed by atoms with Crippen molar-refractivity contribution in [3.63, 3.8) is 0 Å². The van der Waals surface area contributed by atoms with Gasteiger partial charge in [0.1, 0.15) is 5.75 Å². The van der Waals surface area contributed by atoms with Gasteiger partial charge in [-0.05, 0) is 38.1 Å². The van der Waals surface area contributed by atoms with E-state index < -0.39 is 0 Å². The van der Waals surface area contributed by atoms with Gasteiger partial charge in [0.15, 0.2) is 0 Å². The molecule has 1 aromatic rings. The molecule has 1 fully saturated rings. The maximum absolute atomic E-state index is 12.2. The average Bonchev–Trinajstić information content (AvgIpc) is 2.48. The Labute approximate surface area is 120 Å². The van der Waals surface area contributed by atoms with E-state index in [-0.39, 0.29) is 11.8 Å². The maximum Gasteiger partial charge on any atom is 0.227 e. The highest BCUT2D eigenvalue weighted by molar-refractivity contribution is 5.92. The van der Waals surface area contributed by atoms with Crippen molar-refractivity contribution < 1.29 is 9.53 Å². The Kier molecular flexibility index (Phi) is 5.03. The fourth-order valence-electron chi connectivity index (χ4n) is 2.43. The molecule has 2 rings (SSSR count). The molecule has 1 aromatic carbocycles. The van der Waals surface area contributed by atoms with Crippen molar-refractivity contribution in [2.24, 2.45) is 5.92 Å². The molecule has 106 valence electrons. The van der Waals surface area contributed by atoms with E-state index in [4.69, 9.17) is 11.2 Å². The lowest BCUT2D eigenvalue weighted by molar-refractivity contribution is -0.121. The van der Waals surface area contributed by atoms with Crippen LogP contribution in [-0.4, -0.2) is 37.6 Å². The van der Waals surface area contributed by atoms with E-state index in [1.807, 2.05) is 24.3 Å². The lowest BCUT2D eigenvalue weighted by Gasteiger charge is -2.29. The minimum Gasteiger partial charge on any atom is -0.497 e. The van der Waals surface area contributed by atoms with Crippen molar-refractivity contribution >= 4 is 11.6 Å². The molecule has 1 saturated heterocycles. The van der Waals surface area contributed by atoms with Gasteiger partial charge >= 0.3 is 0 Å². The van der Waals surface area contributed by atoms with Crippen molar-refractivity contribution in [1.82, 2.24) is 4.90 Å². The summed E-state index contributed by atoms with van der Waals surface area (Å²) in [4.78, 5) is 14.4. The molecule has 0 aliphatic carbocycles. The Hall–Kier alpha value is -1.99. The van der Waals surface area contributed by atoms with Crippen LogP contribution in [0.1, 0.15) is 12.8 Å². The lowest BCUT2D eigenvalue weighted by Crippen LogP contribution is -2.38. The number of ether oxygens (including phenoxy) is 1. The van der Waals surface area contributed by atoms with Crippen LogP contribution in [0.2, 0.25) is 0 Å². The Morgan fingerprint density at radius 2 is 2.25 bits per heavy atom. The molecule has 4 heteroatoms. The molecular formula is C16H20N2O2. The summed E-state index contributed by atoms with van der Waals surface area (Å²) < 4.78 is 5.15. The van der Waals surface area contributed by atoms with Crippen molar-refractivity contribution in [3.05, 3.63) is 24.3 Å². The molecule has 1 amide bonds. The fraction of sp³-hybridized carbons (Fsp3) is 0.438. The summed E-state index contributed by atoms with van der Waals surface area (Å²) in [5, 5.41) is 2.96. The van der Waals surface area contributed by atoms with Crippen LogP contribution in [0, 0.1) is 18.3 Å². The molecule has 1 heterocycles. The maximum atomic E-state index is 12.2. The van der Waals surface area contributed by atoms with E-state index in [0.717, 1.165) is 37.4 Å². The van der Waals surface area contributed by atoms with E-state index in [9.17, 15) is 4.79 Å². The Bertz CT molecular complexity index is 499. The zero-order chi connectivity index (χ0) is 14.4. The second-order valence-corrected chi connectivity index (χ2v) is 4.98. The summed E-state index contributed by atoms with van der Waals surface area (Å²) in [6.07, 6.45) is 7.02. The second-order valence-electron chi connectivity index (χ2n) is 4.98. The van der Waals surface area contributed by atoms with Crippen LogP contribution in [0.4, 0.5) is 5.69 Å². The van der Waals surface area contributed by atoms with Crippen LogP contribution >= 0.6 is 0 Å². The van der Waals surface area contributed by atoms with Gasteiger partial charge in [0.05, 0.1) is 13.7 Å². The summed E-state index contributed by atoms with van der Waals surface area (Å²) in [5.74, 6) is 3.53. The first kappa shape index (κ1) is 14.4. The van der Waals surface area contributed by atoms with Gasteiger partial charge in [-0.25, -0.2) is 0 Å². The SMILES string of the molecule is C#CCN1CCC(C(=O)Nc2cccc(OC)c2)CC1.